The second-order valence-electron chi connectivity index (χ2n) is 6.53. The molecule has 1 aromatic heterocycles. The lowest BCUT2D eigenvalue weighted by Crippen LogP contribution is -2.37. The first-order valence-electron chi connectivity index (χ1n) is 7.91. The van der Waals surface area contributed by atoms with Crippen LogP contribution in [0.2, 0.25) is 0 Å². The molecule has 0 saturated heterocycles. The molecule has 1 amide bonds. The number of pyridine rings is 1. The first-order valence-corrected chi connectivity index (χ1v) is 7.91. The molecule has 0 aliphatic carbocycles. The van der Waals surface area contributed by atoms with Crippen LogP contribution in [-0.2, 0) is 4.74 Å². The lowest BCUT2D eigenvalue weighted by atomic mass is 10.1. The van der Waals surface area contributed by atoms with Crippen molar-refractivity contribution in [1.29, 1.82) is 0 Å². The van der Waals surface area contributed by atoms with E-state index in [-0.39, 0.29) is 6.04 Å². The predicted molar refractivity (Wildman–Crippen MR) is 92.4 cm³/mol. The van der Waals surface area contributed by atoms with Gasteiger partial charge in [-0.3, -0.25) is 4.98 Å². The Labute approximate surface area is 137 Å². The highest BCUT2D eigenvalue weighted by Crippen LogP contribution is 2.16. The van der Waals surface area contributed by atoms with Gasteiger partial charge in [-0.2, -0.15) is 0 Å². The second-order valence-corrected chi connectivity index (χ2v) is 6.53. The summed E-state index contributed by atoms with van der Waals surface area (Å²) in [5.74, 6) is 0. The van der Waals surface area contributed by atoms with Crippen LogP contribution >= 0.6 is 0 Å². The van der Waals surface area contributed by atoms with Gasteiger partial charge in [-0.1, -0.05) is 24.3 Å². The maximum atomic E-state index is 11.5. The largest absolute Gasteiger partial charge is 0.444 e. The molecule has 1 heterocycles. The van der Waals surface area contributed by atoms with E-state index in [1.165, 1.54) is 0 Å². The number of hydrogen-bond acceptors (Lipinski definition) is 4. The van der Waals surface area contributed by atoms with Crippen LogP contribution in [0.3, 0.4) is 0 Å². The molecule has 0 unspecified atom stereocenters. The minimum atomic E-state index is -0.472. The molecule has 5 heteroatoms. The third-order valence-corrected chi connectivity index (χ3v) is 3.31. The molecule has 1 atom stereocenters. The van der Waals surface area contributed by atoms with Gasteiger partial charge in [0.2, 0.25) is 0 Å². The molecule has 0 aliphatic rings. The highest BCUT2D eigenvalue weighted by Gasteiger charge is 2.15. The van der Waals surface area contributed by atoms with Crippen LogP contribution in [-0.4, -0.2) is 29.8 Å². The number of rotatable bonds is 5. The minimum absolute atomic E-state index is 0.111. The van der Waals surface area contributed by atoms with Gasteiger partial charge in [-0.15, -0.1) is 0 Å². The molecule has 2 aromatic rings. The molecule has 0 saturated carbocycles. The first kappa shape index (κ1) is 17.2. The number of benzene rings is 1. The van der Waals surface area contributed by atoms with Crippen molar-refractivity contribution < 1.29 is 9.53 Å². The molecule has 2 rings (SSSR count). The van der Waals surface area contributed by atoms with E-state index in [9.17, 15) is 4.79 Å². The summed E-state index contributed by atoms with van der Waals surface area (Å²) >= 11 is 0. The Morgan fingerprint density at radius 3 is 2.65 bits per heavy atom. The van der Waals surface area contributed by atoms with Gasteiger partial charge in [0, 0.05) is 24.5 Å². The van der Waals surface area contributed by atoms with E-state index in [0.717, 1.165) is 16.6 Å². The van der Waals surface area contributed by atoms with Crippen LogP contribution in [0.25, 0.3) is 10.9 Å². The second kappa shape index (κ2) is 7.42. The van der Waals surface area contributed by atoms with E-state index in [2.05, 4.69) is 34.7 Å². The molecule has 0 fully saturated rings. The lowest BCUT2D eigenvalue weighted by Gasteiger charge is -2.20. The van der Waals surface area contributed by atoms with Crippen molar-refractivity contribution in [3.63, 3.8) is 0 Å². The minimum Gasteiger partial charge on any atom is -0.444 e. The van der Waals surface area contributed by atoms with Gasteiger partial charge in [0.25, 0.3) is 0 Å². The molecule has 0 radical (unpaired) electrons. The summed E-state index contributed by atoms with van der Waals surface area (Å²) in [6, 6.07) is 12.3. The molecule has 0 bridgehead atoms. The number of ether oxygens (including phenoxy) is 1. The highest BCUT2D eigenvalue weighted by molar-refractivity contribution is 5.78. The Morgan fingerprint density at radius 1 is 1.17 bits per heavy atom. The number of nitrogens with zero attached hydrogens (tertiary/aromatic N) is 1. The van der Waals surface area contributed by atoms with E-state index in [0.29, 0.717) is 13.1 Å². The first-order chi connectivity index (χ1) is 10.8. The van der Waals surface area contributed by atoms with Crippen LogP contribution in [0, 0.1) is 0 Å². The van der Waals surface area contributed by atoms with E-state index in [1.54, 1.807) is 0 Å². The average molecular weight is 315 g/mol. The van der Waals surface area contributed by atoms with Crippen LogP contribution in [0.15, 0.2) is 36.4 Å². The number of para-hydroxylation sites is 1. The van der Waals surface area contributed by atoms with Gasteiger partial charge >= 0.3 is 6.09 Å². The molecule has 5 nitrogen and oxygen atoms in total. The molecule has 1 aromatic carbocycles. The standard InChI is InChI=1S/C18H25N3O2/c1-13(19-11-12-20-17(22)23-18(2,3)4)15-10-9-14-7-5-6-8-16(14)21-15/h5-10,13,19H,11-12H2,1-4H3,(H,20,22)/t13-/m1/s1. The van der Waals surface area contributed by atoms with Crippen molar-refractivity contribution >= 4 is 17.0 Å². The Morgan fingerprint density at radius 2 is 1.91 bits per heavy atom. The molecule has 23 heavy (non-hydrogen) atoms. The zero-order valence-electron chi connectivity index (χ0n) is 14.2. The Bertz CT molecular complexity index is 665. The SMILES string of the molecule is C[C@@H](NCCNC(=O)OC(C)(C)C)c1ccc2ccccc2n1. The summed E-state index contributed by atoms with van der Waals surface area (Å²) in [5.41, 5.74) is 1.51. The summed E-state index contributed by atoms with van der Waals surface area (Å²) in [4.78, 5) is 16.2. The third kappa shape index (κ3) is 5.53. The Kier molecular flexibility index (Phi) is 5.55. The van der Waals surface area contributed by atoms with Gasteiger partial charge in [-0.25, -0.2) is 4.79 Å². The normalized spacial score (nSPS) is 12.9. The fraction of sp³-hybridized carbons (Fsp3) is 0.444. The Balaban J connectivity index is 1.80. The van der Waals surface area contributed by atoms with Gasteiger partial charge in [-0.05, 0) is 39.8 Å². The van der Waals surface area contributed by atoms with E-state index in [4.69, 9.17) is 4.74 Å². The highest BCUT2D eigenvalue weighted by atomic mass is 16.6. The molecular formula is C18H25N3O2. The Hall–Kier alpha value is -2.14. The maximum Gasteiger partial charge on any atom is 0.407 e. The zero-order chi connectivity index (χ0) is 16.9. The summed E-state index contributed by atoms with van der Waals surface area (Å²) in [6.45, 7) is 8.75. The number of hydrogen-bond donors (Lipinski definition) is 2. The van der Waals surface area contributed by atoms with Crippen molar-refractivity contribution in [3.05, 3.63) is 42.1 Å². The molecule has 0 aliphatic heterocycles. The van der Waals surface area contributed by atoms with Crippen molar-refractivity contribution in [2.45, 2.75) is 39.3 Å². The fourth-order valence-corrected chi connectivity index (χ4v) is 2.19. The maximum absolute atomic E-state index is 11.5. The zero-order valence-corrected chi connectivity index (χ0v) is 14.2. The number of carbonyl (C=O) groups is 1. The van der Waals surface area contributed by atoms with Crippen LogP contribution in [0.4, 0.5) is 4.79 Å². The van der Waals surface area contributed by atoms with Gasteiger partial charge in [0.1, 0.15) is 5.60 Å². The van der Waals surface area contributed by atoms with E-state index < -0.39 is 11.7 Å². The van der Waals surface area contributed by atoms with Crippen molar-refractivity contribution in [3.8, 4) is 0 Å². The summed E-state index contributed by atoms with van der Waals surface area (Å²) in [7, 11) is 0. The quantitative estimate of drug-likeness (QED) is 0.830. The van der Waals surface area contributed by atoms with Crippen LogP contribution in [0.5, 0.6) is 0 Å². The molecule has 124 valence electrons. The number of alkyl carbamates (subject to hydrolysis) is 1. The van der Waals surface area contributed by atoms with Gasteiger partial charge in [0.05, 0.1) is 11.2 Å². The lowest BCUT2D eigenvalue weighted by molar-refractivity contribution is 0.0528. The smallest absolute Gasteiger partial charge is 0.407 e. The average Bonchev–Trinajstić information content (AvgIpc) is 2.49. The van der Waals surface area contributed by atoms with Crippen molar-refractivity contribution in [2.24, 2.45) is 0 Å². The van der Waals surface area contributed by atoms with Crippen molar-refractivity contribution in [2.75, 3.05) is 13.1 Å². The van der Waals surface area contributed by atoms with Gasteiger partial charge < -0.3 is 15.4 Å². The predicted octanol–water partition coefficient (Wildman–Crippen LogP) is 3.41. The number of nitrogens with one attached hydrogen (secondary N) is 2. The summed E-state index contributed by atoms with van der Waals surface area (Å²) in [5, 5.41) is 7.21. The summed E-state index contributed by atoms with van der Waals surface area (Å²) in [6.07, 6.45) is -0.393. The summed E-state index contributed by atoms with van der Waals surface area (Å²) < 4.78 is 5.19. The van der Waals surface area contributed by atoms with E-state index >= 15 is 0 Å². The number of amides is 1. The van der Waals surface area contributed by atoms with Crippen LogP contribution in [0.1, 0.15) is 39.4 Å². The number of fused-ring (bicyclic) bond motifs is 1. The molecular weight excluding hydrogens is 290 g/mol. The number of carbonyl (C=O) groups excluding carboxylic acids is 1. The van der Waals surface area contributed by atoms with E-state index in [1.807, 2.05) is 45.0 Å². The molecule has 2 N–H and O–H groups in total. The van der Waals surface area contributed by atoms with Crippen molar-refractivity contribution in [1.82, 2.24) is 15.6 Å². The molecule has 0 spiro atoms. The topological polar surface area (TPSA) is 63.2 Å². The third-order valence-electron chi connectivity index (χ3n) is 3.31. The monoisotopic (exact) mass is 315 g/mol. The van der Waals surface area contributed by atoms with Crippen LogP contribution < -0.4 is 10.6 Å². The number of aromatic nitrogens is 1. The fourth-order valence-electron chi connectivity index (χ4n) is 2.19. The van der Waals surface area contributed by atoms with Gasteiger partial charge in [0.15, 0.2) is 0 Å².